The Hall–Kier alpha value is -1.36. The number of esters is 1. The third-order valence-corrected chi connectivity index (χ3v) is 5.03. The number of carbonyl (C=O) groups is 2. The molecule has 1 aliphatic heterocycles. The Balaban J connectivity index is 2.34. The third-order valence-electron chi connectivity index (χ3n) is 5.03. The number of aliphatic hydroxyl groups is 1. The highest BCUT2D eigenvalue weighted by atomic mass is 16.5. The highest BCUT2D eigenvalue weighted by molar-refractivity contribution is 5.77. The molecule has 0 spiro atoms. The van der Waals surface area contributed by atoms with Crippen molar-refractivity contribution in [3.63, 3.8) is 0 Å². The van der Waals surface area contributed by atoms with Gasteiger partial charge in [-0.2, -0.15) is 0 Å². The van der Waals surface area contributed by atoms with Crippen LogP contribution in [-0.4, -0.2) is 47.7 Å². The highest BCUT2D eigenvalue weighted by Crippen LogP contribution is 2.21. The molecule has 26 heavy (non-hydrogen) atoms. The maximum absolute atomic E-state index is 12.3. The van der Waals surface area contributed by atoms with Gasteiger partial charge in [-0.25, -0.2) is 0 Å². The molecule has 0 aromatic heterocycles. The van der Waals surface area contributed by atoms with Gasteiger partial charge in [0, 0.05) is 19.4 Å². The number of unbranched alkanes of at least 4 members (excludes halogenated alkanes) is 5. The van der Waals surface area contributed by atoms with E-state index >= 15 is 0 Å². The molecular weight excluding hydrogens is 330 g/mol. The minimum atomic E-state index is -0.404. The third kappa shape index (κ3) is 9.37. The summed E-state index contributed by atoms with van der Waals surface area (Å²) < 4.78 is 4.64. The second-order valence-corrected chi connectivity index (χ2v) is 7.24. The summed E-state index contributed by atoms with van der Waals surface area (Å²) >= 11 is 0. The second kappa shape index (κ2) is 13.8. The Morgan fingerprint density at radius 2 is 2.04 bits per heavy atom. The molecule has 1 saturated heterocycles. The van der Waals surface area contributed by atoms with E-state index in [-0.39, 0.29) is 17.9 Å². The molecule has 5 nitrogen and oxygen atoms in total. The van der Waals surface area contributed by atoms with Crippen LogP contribution in [0.15, 0.2) is 12.2 Å². The Bertz CT molecular complexity index is 436. The van der Waals surface area contributed by atoms with Gasteiger partial charge in [0.15, 0.2) is 0 Å². The van der Waals surface area contributed by atoms with E-state index in [1.807, 2.05) is 17.1 Å². The van der Waals surface area contributed by atoms with E-state index in [1.54, 1.807) is 0 Å². The lowest BCUT2D eigenvalue weighted by molar-refractivity contribution is -0.140. The van der Waals surface area contributed by atoms with Gasteiger partial charge in [-0.15, -0.1) is 0 Å². The molecule has 5 heteroatoms. The number of rotatable bonds is 13. The molecule has 1 aliphatic rings. The first-order valence-electron chi connectivity index (χ1n) is 10.3. The van der Waals surface area contributed by atoms with Crippen molar-refractivity contribution in [3.05, 3.63) is 12.2 Å². The molecule has 1 unspecified atom stereocenters. The number of piperidine rings is 1. The van der Waals surface area contributed by atoms with Gasteiger partial charge in [0.2, 0.25) is 5.91 Å². The maximum atomic E-state index is 12.3. The zero-order chi connectivity index (χ0) is 19.2. The Labute approximate surface area is 158 Å². The number of likely N-dealkylation sites (tertiary alicyclic amines) is 1. The predicted octanol–water partition coefficient (Wildman–Crippen LogP) is 3.99. The van der Waals surface area contributed by atoms with E-state index in [2.05, 4.69) is 11.7 Å². The number of hydrogen-bond donors (Lipinski definition) is 1. The van der Waals surface area contributed by atoms with Crippen molar-refractivity contribution in [1.29, 1.82) is 0 Å². The molecular formula is C21H37NO4. The number of ether oxygens (including phenoxy) is 1. The molecule has 1 heterocycles. The van der Waals surface area contributed by atoms with Crippen molar-refractivity contribution in [1.82, 2.24) is 4.90 Å². The average molecular weight is 368 g/mol. The summed E-state index contributed by atoms with van der Waals surface area (Å²) in [6.07, 6.45) is 14.4. The number of amides is 1. The molecule has 150 valence electrons. The van der Waals surface area contributed by atoms with Gasteiger partial charge >= 0.3 is 5.97 Å². The predicted molar refractivity (Wildman–Crippen MR) is 104 cm³/mol. The number of hydrogen-bond acceptors (Lipinski definition) is 4. The summed E-state index contributed by atoms with van der Waals surface area (Å²) in [7, 11) is 1.42. The van der Waals surface area contributed by atoms with Crippen molar-refractivity contribution in [2.45, 2.75) is 96.1 Å². The van der Waals surface area contributed by atoms with Crippen LogP contribution in [0.5, 0.6) is 0 Å². The summed E-state index contributed by atoms with van der Waals surface area (Å²) in [5, 5.41) is 10.1. The lowest BCUT2D eigenvalue weighted by atomic mass is 9.99. The summed E-state index contributed by atoms with van der Waals surface area (Å²) in [6.45, 7) is 2.92. The van der Waals surface area contributed by atoms with E-state index in [0.717, 1.165) is 70.8 Å². The van der Waals surface area contributed by atoms with Gasteiger partial charge in [0.1, 0.15) is 0 Å². The van der Waals surface area contributed by atoms with Gasteiger partial charge in [-0.3, -0.25) is 9.59 Å². The molecule has 0 aromatic carbocycles. The zero-order valence-electron chi connectivity index (χ0n) is 16.6. The summed E-state index contributed by atoms with van der Waals surface area (Å²) in [5.74, 6) is 0.0693. The second-order valence-electron chi connectivity index (χ2n) is 7.24. The summed E-state index contributed by atoms with van der Waals surface area (Å²) in [6, 6.07) is 0.118. The largest absolute Gasteiger partial charge is 0.469 e. The minimum absolute atomic E-state index is 0.118. The van der Waals surface area contributed by atoms with Crippen LogP contribution in [0.25, 0.3) is 0 Å². The Morgan fingerprint density at radius 1 is 1.27 bits per heavy atom. The fraction of sp³-hybridized carbons (Fsp3) is 0.810. The molecule has 0 aliphatic carbocycles. The van der Waals surface area contributed by atoms with Gasteiger partial charge in [0.05, 0.1) is 19.3 Å². The van der Waals surface area contributed by atoms with Crippen LogP contribution in [0, 0.1) is 0 Å². The average Bonchev–Trinajstić information content (AvgIpc) is 2.64. The van der Waals surface area contributed by atoms with Crippen molar-refractivity contribution in [2.75, 3.05) is 13.7 Å². The molecule has 0 aromatic rings. The number of carbonyl (C=O) groups excluding carboxylic acids is 2. The van der Waals surface area contributed by atoms with Crippen LogP contribution in [0.2, 0.25) is 0 Å². The topological polar surface area (TPSA) is 66.8 Å². The zero-order valence-corrected chi connectivity index (χ0v) is 16.6. The van der Waals surface area contributed by atoms with Crippen molar-refractivity contribution in [2.24, 2.45) is 0 Å². The number of aliphatic hydroxyl groups excluding tert-OH is 1. The molecule has 1 amide bonds. The van der Waals surface area contributed by atoms with Crippen molar-refractivity contribution < 1.29 is 19.4 Å². The fourth-order valence-corrected chi connectivity index (χ4v) is 3.40. The number of nitrogens with zero attached hydrogens (tertiary/aromatic N) is 1. The van der Waals surface area contributed by atoms with E-state index in [9.17, 15) is 14.7 Å². The highest BCUT2D eigenvalue weighted by Gasteiger charge is 2.25. The van der Waals surface area contributed by atoms with E-state index < -0.39 is 6.10 Å². The molecule has 1 N–H and O–H groups in total. The van der Waals surface area contributed by atoms with Crippen LogP contribution in [0.3, 0.4) is 0 Å². The smallest absolute Gasteiger partial charge is 0.305 e. The van der Waals surface area contributed by atoms with Gasteiger partial charge < -0.3 is 14.7 Å². The molecule has 0 saturated carbocycles. The van der Waals surface area contributed by atoms with Gasteiger partial charge in [-0.1, -0.05) is 51.2 Å². The maximum Gasteiger partial charge on any atom is 0.305 e. The van der Waals surface area contributed by atoms with Crippen LogP contribution in [0.1, 0.15) is 84.0 Å². The summed E-state index contributed by atoms with van der Waals surface area (Å²) in [5.41, 5.74) is 0. The van der Waals surface area contributed by atoms with Crippen LogP contribution in [-0.2, 0) is 14.3 Å². The molecule has 0 bridgehead atoms. The quantitative estimate of drug-likeness (QED) is 0.304. The first kappa shape index (κ1) is 22.7. The van der Waals surface area contributed by atoms with Gasteiger partial charge in [-0.05, 0) is 32.1 Å². The Kier molecular flexibility index (Phi) is 12.0. The number of methoxy groups -OCH3 is 1. The first-order chi connectivity index (χ1) is 12.6. The standard InChI is InChI=1S/C21H37NO4/c1-3-4-7-12-19(23)16-15-18-11-10-13-20(24)22(18)17-9-6-5-8-14-21(25)26-2/h15-16,18-19,23H,3-14,17H2,1-2H3/t18-,19?/m1/s1. The molecule has 0 radical (unpaired) electrons. The van der Waals surface area contributed by atoms with E-state index in [1.165, 1.54) is 7.11 Å². The lowest BCUT2D eigenvalue weighted by Gasteiger charge is -2.34. The minimum Gasteiger partial charge on any atom is -0.469 e. The van der Waals surface area contributed by atoms with Crippen molar-refractivity contribution in [3.8, 4) is 0 Å². The molecule has 1 rings (SSSR count). The van der Waals surface area contributed by atoms with Crippen LogP contribution in [0.4, 0.5) is 0 Å². The van der Waals surface area contributed by atoms with Crippen LogP contribution >= 0.6 is 0 Å². The van der Waals surface area contributed by atoms with Crippen LogP contribution < -0.4 is 0 Å². The Morgan fingerprint density at radius 3 is 2.77 bits per heavy atom. The fourth-order valence-electron chi connectivity index (χ4n) is 3.40. The first-order valence-corrected chi connectivity index (χ1v) is 10.3. The van der Waals surface area contributed by atoms with E-state index in [0.29, 0.717) is 12.8 Å². The van der Waals surface area contributed by atoms with E-state index in [4.69, 9.17) is 0 Å². The molecule has 2 atom stereocenters. The lowest BCUT2D eigenvalue weighted by Crippen LogP contribution is -2.43. The monoisotopic (exact) mass is 367 g/mol. The molecule has 1 fully saturated rings. The SMILES string of the molecule is CCCCCC(O)C=C[C@H]1CCCC(=O)N1CCCCCCC(=O)OC. The summed E-state index contributed by atoms with van der Waals surface area (Å²) in [4.78, 5) is 25.3. The normalized spacial score (nSPS) is 19.1. The van der Waals surface area contributed by atoms with Crippen molar-refractivity contribution >= 4 is 11.9 Å². The van der Waals surface area contributed by atoms with Gasteiger partial charge in [0.25, 0.3) is 0 Å².